The number of halogens is 2. The Balaban J connectivity index is 3.02. The summed E-state index contributed by atoms with van der Waals surface area (Å²) in [5.74, 6) is -3.35. The molecule has 0 bridgehead atoms. The first-order valence-electron chi connectivity index (χ1n) is 7.18. The number of likely N-dealkylation sites (N-methyl/N-ethyl adjacent to an activating group) is 1. The lowest BCUT2D eigenvalue weighted by molar-refractivity contribution is -0.134. The number of nitrogens with one attached hydrogen (secondary N) is 1. The summed E-state index contributed by atoms with van der Waals surface area (Å²) in [6, 6.07) is 2.29. The van der Waals surface area contributed by atoms with Crippen LogP contribution in [0.15, 0.2) is 18.2 Å². The number of nitrogens with zero attached hydrogens (tertiary/aromatic N) is 1. The van der Waals surface area contributed by atoms with Crippen LogP contribution in [-0.2, 0) is 4.79 Å². The van der Waals surface area contributed by atoms with Gasteiger partial charge in [-0.05, 0) is 31.9 Å². The lowest BCUT2D eigenvalue weighted by Crippen LogP contribution is -2.52. The molecule has 1 atom stereocenters. The summed E-state index contributed by atoms with van der Waals surface area (Å²) in [5.41, 5.74) is -0.673. The smallest absolute Gasteiger partial charge is 0.257 e. The third-order valence-electron chi connectivity index (χ3n) is 3.53. The van der Waals surface area contributed by atoms with Crippen molar-refractivity contribution in [2.24, 2.45) is 5.92 Å². The van der Waals surface area contributed by atoms with Gasteiger partial charge in [-0.2, -0.15) is 0 Å². The van der Waals surface area contributed by atoms with Gasteiger partial charge in [-0.1, -0.05) is 19.9 Å². The van der Waals surface area contributed by atoms with E-state index < -0.39 is 29.1 Å². The molecule has 0 heterocycles. The molecular weight excluding hydrogens is 290 g/mol. The minimum absolute atomic E-state index is 0.0455. The average Bonchev–Trinajstić information content (AvgIpc) is 2.42. The Labute approximate surface area is 129 Å². The lowest BCUT2D eigenvalue weighted by Gasteiger charge is -2.29. The Morgan fingerprint density at radius 2 is 1.59 bits per heavy atom. The zero-order chi connectivity index (χ0) is 17.0. The van der Waals surface area contributed by atoms with E-state index in [4.69, 9.17) is 0 Å². The van der Waals surface area contributed by atoms with Gasteiger partial charge in [-0.3, -0.25) is 9.59 Å². The van der Waals surface area contributed by atoms with E-state index in [1.54, 1.807) is 20.9 Å². The number of benzene rings is 1. The van der Waals surface area contributed by atoms with Crippen LogP contribution in [0.25, 0.3) is 0 Å². The van der Waals surface area contributed by atoms with Crippen molar-refractivity contribution in [3.8, 4) is 0 Å². The van der Waals surface area contributed by atoms with Gasteiger partial charge in [-0.15, -0.1) is 0 Å². The number of hydrogen-bond acceptors (Lipinski definition) is 2. The Morgan fingerprint density at radius 1 is 1.09 bits per heavy atom. The van der Waals surface area contributed by atoms with Gasteiger partial charge < -0.3 is 10.2 Å². The standard InChI is InChI=1S/C16H22F2N2O2/c1-9(2)14(16(22)20(5)10(3)4)19-15(21)13-11(17)7-6-8-12(13)18/h6-10,14H,1-5H3,(H,19,21). The summed E-state index contributed by atoms with van der Waals surface area (Å²) in [7, 11) is 1.62. The van der Waals surface area contributed by atoms with Crippen LogP contribution in [0.4, 0.5) is 8.78 Å². The molecule has 1 aromatic rings. The molecule has 0 aliphatic carbocycles. The molecule has 0 aliphatic heterocycles. The van der Waals surface area contributed by atoms with Crippen molar-refractivity contribution in [1.82, 2.24) is 10.2 Å². The van der Waals surface area contributed by atoms with Crippen molar-refractivity contribution >= 4 is 11.8 Å². The van der Waals surface area contributed by atoms with E-state index in [-0.39, 0.29) is 17.9 Å². The van der Waals surface area contributed by atoms with Gasteiger partial charge in [0.25, 0.3) is 5.91 Å². The number of amides is 2. The van der Waals surface area contributed by atoms with Crippen molar-refractivity contribution in [3.63, 3.8) is 0 Å². The van der Waals surface area contributed by atoms with Crippen molar-refractivity contribution in [2.75, 3.05) is 7.05 Å². The van der Waals surface area contributed by atoms with Crippen molar-refractivity contribution in [1.29, 1.82) is 0 Å². The molecule has 2 amide bonds. The van der Waals surface area contributed by atoms with Crippen LogP contribution < -0.4 is 5.32 Å². The summed E-state index contributed by atoms with van der Waals surface area (Å²) < 4.78 is 27.3. The number of hydrogen-bond donors (Lipinski definition) is 1. The fraction of sp³-hybridized carbons (Fsp3) is 0.500. The molecule has 0 aromatic heterocycles. The van der Waals surface area contributed by atoms with Crippen LogP contribution in [0.2, 0.25) is 0 Å². The van der Waals surface area contributed by atoms with E-state index in [9.17, 15) is 18.4 Å². The first kappa shape index (κ1) is 18.1. The van der Waals surface area contributed by atoms with Gasteiger partial charge in [0.05, 0.1) is 0 Å². The fourth-order valence-corrected chi connectivity index (χ4v) is 1.92. The maximum absolute atomic E-state index is 13.6. The summed E-state index contributed by atoms with van der Waals surface area (Å²) >= 11 is 0. The highest BCUT2D eigenvalue weighted by Crippen LogP contribution is 2.14. The van der Waals surface area contributed by atoms with Crippen LogP contribution in [0.5, 0.6) is 0 Å². The quantitative estimate of drug-likeness (QED) is 0.908. The van der Waals surface area contributed by atoms with Gasteiger partial charge in [0.2, 0.25) is 5.91 Å². The molecule has 6 heteroatoms. The van der Waals surface area contributed by atoms with Crippen molar-refractivity contribution < 1.29 is 18.4 Å². The fourth-order valence-electron chi connectivity index (χ4n) is 1.92. The third kappa shape index (κ3) is 4.02. The van der Waals surface area contributed by atoms with Crippen LogP contribution in [0.3, 0.4) is 0 Å². The molecule has 0 fully saturated rings. The van der Waals surface area contributed by atoms with Gasteiger partial charge in [0.15, 0.2) is 0 Å². The normalized spacial score (nSPS) is 12.4. The summed E-state index contributed by atoms with van der Waals surface area (Å²) in [6.45, 7) is 7.20. The molecule has 22 heavy (non-hydrogen) atoms. The summed E-state index contributed by atoms with van der Waals surface area (Å²) in [4.78, 5) is 26.0. The summed E-state index contributed by atoms with van der Waals surface area (Å²) in [5, 5.41) is 2.44. The van der Waals surface area contributed by atoms with Gasteiger partial charge in [0.1, 0.15) is 23.2 Å². The molecule has 0 spiro atoms. The second-order valence-corrected chi connectivity index (χ2v) is 5.83. The SMILES string of the molecule is CC(C)C(NC(=O)c1c(F)cccc1F)C(=O)N(C)C(C)C. The monoisotopic (exact) mass is 312 g/mol. The van der Waals surface area contributed by atoms with Crippen LogP contribution in [-0.4, -0.2) is 35.8 Å². The Kier molecular flexibility index (Phi) is 6.02. The Hall–Kier alpha value is -1.98. The predicted octanol–water partition coefficient (Wildman–Crippen LogP) is 2.59. The molecule has 122 valence electrons. The molecule has 1 rings (SSSR count). The molecule has 0 saturated heterocycles. The average molecular weight is 312 g/mol. The van der Waals surface area contributed by atoms with E-state index in [0.29, 0.717) is 0 Å². The highest BCUT2D eigenvalue weighted by molar-refractivity contribution is 5.98. The van der Waals surface area contributed by atoms with Crippen LogP contribution in [0, 0.1) is 17.6 Å². The Morgan fingerprint density at radius 3 is 2.00 bits per heavy atom. The Bertz CT molecular complexity index is 539. The molecule has 0 saturated carbocycles. The first-order valence-corrected chi connectivity index (χ1v) is 7.18. The second kappa shape index (κ2) is 7.33. The largest absolute Gasteiger partial charge is 0.342 e. The molecule has 1 unspecified atom stereocenters. The molecule has 1 aromatic carbocycles. The highest BCUT2D eigenvalue weighted by atomic mass is 19.1. The number of rotatable bonds is 5. The zero-order valence-electron chi connectivity index (χ0n) is 13.5. The van der Waals surface area contributed by atoms with Gasteiger partial charge >= 0.3 is 0 Å². The maximum Gasteiger partial charge on any atom is 0.257 e. The van der Waals surface area contributed by atoms with E-state index in [0.717, 1.165) is 12.1 Å². The van der Waals surface area contributed by atoms with E-state index >= 15 is 0 Å². The lowest BCUT2D eigenvalue weighted by atomic mass is 10.0. The topological polar surface area (TPSA) is 49.4 Å². The number of carbonyl (C=O) groups excluding carboxylic acids is 2. The van der Waals surface area contributed by atoms with E-state index in [2.05, 4.69) is 5.32 Å². The first-order chi connectivity index (χ1) is 10.2. The third-order valence-corrected chi connectivity index (χ3v) is 3.53. The van der Waals surface area contributed by atoms with Crippen LogP contribution in [0.1, 0.15) is 38.1 Å². The molecule has 4 nitrogen and oxygen atoms in total. The summed E-state index contributed by atoms with van der Waals surface area (Å²) in [6.07, 6.45) is 0. The van der Waals surface area contributed by atoms with E-state index in [1.807, 2.05) is 13.8 Å². The predicted molar refractivity (Wildman–Crippen MR) is 80.4 cm³/mol. The number of carbonyl (C=O) groups is 2. The highest BCUT2D eigenvalue weighted by Gasteiger charge is 2.29. The van der Waals surface area contributed by atoms with Crippen LogP contribution >= 0.6 is 0 Å². The zero-order valence-corrected chi connectivity index (χ0v) is 13.5. The van der Waals surface area contributed by atoms with Gasteiger partial charge in [-0.25, -0.2) is 8.78 Å². The molecule has 1 N–H and O–H groups in total. The minimum atomic E-state index is -0.954. The molecule has 0 aliphatic rings. The van der Waals surface area contributed by atoms with E-state index in [1.165, 1.54) is 11.0 Å². The maximum atomic E-state index is 13.6. The second-order valence-electron chi connectivity index (χ2n) is 5.83. The molecular formula is C16H22F2N2O2. The van der Waals surface area contributed by atoms with Crippen molar-refractivity contribution in [2.45, 2.75) is 39.8 Å². The minimum Gasteiger partial charge on any atom is -0.342 e. The van der Waals surface area contributed by atoms with Gasteiger partial charge in [0, 0.05) is 13.1 Å². The van der Waals surface area contributed by atoms with Crippen molar-refractivity contribution in [3.05, 3.63) is 35.4 Å². The molecule has 0 radical (unpaired) electrons.